The monoisotopic (exact) mass is 246 g/mol. The Labute approximate surface area is 102 Å². The number of amides is 1. The normalized spacial score (nSPS) is 10.0. The number of H-pyrrole nitrogens is 1. The van der Waals surface area contributed by atoms with Crippen molar-refractivity contribution >= 4 is 11.6 Å². The van der Waals surface area contributed by atoms with E-state index >= 15 is 0 Å². The van der Waals surface area contributed by atoms with E-state index in [0.29, 0.717) is 5.69 Å². The Morgan fingerprint density at radius 3 is 2.67 bits per heavy atom. The number of carbonyl (C=O) groups is 1. The van der Waals surface area contributed by atoms with Crippen LogP contribution < -0.4 is 10.9 Å². The lowest BCUT2D eigenvalue weighted by Crippen LogP contribution is -2.15. The summed E-state index contributed by atoms with van der Waals surface area (Å²) in [6, 6.07) is 6.89. The van der Waals surface area contributed by atoms with Gasteiger partial charge >= 0.3 is 0 Å². The second-order valence-corrected chi connectivity index (χ2v) is 3.60. The maximum Gasteiger partial charge on any atom is 0.260 e. The predicted molar refractivity (Wildman–Crippen MR) is 64.8 cm³/mol. The van der Waals surface area contributed by atoms with Crippen molar-refractivity contribution < 1.29 is 15.0 Å². The van der Waals surface area contributed by atoms with Crippen molar-refractivity contribution in [3.8, 4) is 11.5 Å². The first-order valence-electron chi connectivity index (χ1n) is 5.08. The molecule has 1 aromatic carbocycles. The molecule has 92 valence electrons. The number of nitrogens with one attached hydrogen (secondary N) is 2. The smallest absolute Gasteiger partial charge is 0.260 e. The van der Waals surface area contributed by atoms with Gasteiger partial charge in [-0.05, 0) is 12.1 Å². The van der Waals surface area contributed by atoms with Crippen molar-refractivity contribution in [2.24, 2.45) is 0 Å². The van der Waals surface area contributed by atoms with Crippen LogP contribution in [0.2, 0.25) is 0 Å². The number of hydrogen-bond acceptors (Lipinski definition) is 4. The molecule has 0 aliphatic carbocycles. The van der Waals surface area contributed by atoms with E-state index in [9.17, 15) is 19.8 Å². The third kappa shape index (κ3) is 2.49. The molecule has 0 radical (unpaired) electrons. The Bertz CT molecular complexity index is 649. The Kier molecular flexibility index (Phi) is 3.01. The van der Waals surface area contributed by atoms with E-state index in [-0.39, 0.29) is 11.3 Å². The first-order valence-corrected chi connectivity index (χ1v) is 5.08. The zero-order valence-corrected chi connectivity index (χ0v) is 9.18. The van der Waals surface area contributed by atoms with Crippen molar-refractivity contribution in [1.29, 1.82) is 0 Å². The molecule has 0 bridgehead atoms. The zero-order valence-electron chi connectivity index (χ0n) is 9.18. The van der Waals surface area contributed by atoms with Gasteiger partial charge in [-0.2, -0.15) is 0 Å². The van der Waals surface area contributed by atoms with Gasteiger partial charge in [0.1, 0.15) is 11.5 Å². The molecule has 0 fully saturated rings. The minimum Gasteiger partial charge on any atom is -0.508 e. The van der Waals surface area contributed by atoms with Gasteiger partial charge in [-0.3, -0.25) is 9.59 Å². The fraction of sp³-hybridized carbons (Fsp3) is 0. The minimum atomic E-state index is -0.589. The summed E-state index contributed by atoms with van der Waals surface area (Å²) < 4.78 is 0. The highest BCUT2D eigenvalue weighted by molar-refractivity contribution is 6.05. The number of benzene rings is 1. The van der Waals surface area contributed by atoms with Gasteiger partial charge in [0.05, 0.1) is 5.56 Å². The van der Waals surface area contributed by atoms with Crippen molar-refractivity contribution in [3.63, 3.8) is 0 Å². The first kappa shape index (κ1) is 11.7. The molecule has 0 aliphatic rings. The van der Waals surface area contributed by atoms with Crippen LogP contribution in [-0.4, -0.2) is 21.1 Å². The standard InChI is InChI=1S/C12H10N2O4/c15-8-3-1-2-7(4-8)14-12(18)9-6-13-11(17)5-10(9)16/h1-6,15H,(H,14,18)(H2,13,16,17). The highest BCUT2D eigenvalue weighted by Crippen LogP contribution is 2.18. The van der Waals surface area contributed by atoms with E-state index in [2.05, 4.69) is 10.3 Å². The summed E-state index contributed by atoms with van der Waals surface area (Å²) in [6.45, 7) is 0. The van der Waals surface area contributed by atoms with Crippen LogP contribution in [0.25, 0.3) is 0 Å². The second kappa shape index (κ2) is 4.62. The number of hydrogen-bond donors (Lipinski definition) is 4. The summed E-state index contributed by atoms with van der Waals surface area (Å²) in [5.41, 5.74) is -0.176. The van der Waals surface area contributed by atoms with Crippen LogP contribution >= 0.6 is 0 Å². The molecule has 0 saturated heterocycles. The zero-order chi connectivity index (χ0) is 13.1. The van der Waals surface area contributed by atoms with E-state index in [1.54, 1.807) is 12.1 Å². The molecule has 18 heavy (non-hydrogen) atoms. The maximum absolute atomic E-state index is 11.8. The molecule has 6 nitrogen and oxygen atoms in total. The number of aromatic hydroxyl groups is 2. The molecule has 4 N–H and O–H groups in total. The van der Waals surface area contributed by atoms with Crippen LogP contribution in [-0.2, 0) is 0 Å². The number of pyridine rings is 1. The molecular formula is C12H10N2O4. The summed E-state index contributed by atoms with van der Waals surface area (Å²) in [5, 5.41) is 21.2. The quantitative estimate of drug-likeness (QED) is 0.635. The first-order chi connectivity index (χ1) is 8.56. The summed E-state index contributed by atoms with van der Waals surface area (Å²) in [6.07, 6.45) is 1.12. The number of carbonyl (C=O) groups excluding carboxylic acids is 1. The SMILES string of the molecule is O=C(Nc1cccc(O)c1)c1c[nH]c(=O)cc1O. The Morgan fingerprint density at radius 2 is 2.00 bits per heavy atom. The predicted octanol–water partition coefficient (Wildman–Crippen LogP) is 1.04. The van der Waals surface area contributed by atoms with Crippen LogP contribution in [0.15, 0.2) is 41.3 Å². The lowest BCUT2D eigenvalue weighted by molar-refractivity contribution is 0.102. The lowest BCUT2D eigenvalue weighted by atomic mass is 10.2. The van der Waals surface area contributed by atoms with Gasteiger partial charge in [0.2, 0.25) is 0 Å². The number of anilines is 1. The van der Waals surface area contributed by atoms with Crippen LogP contribution in [0.5, 0.6) is 11.5 Å². The molecule has 1 aromatic heterocycles. The third-order valence-corrected chi connectivity index (χ3v) is 2.25. The third-order valence-electron chi connectivity index (χ3n) is 2.25. The highest BCUT2D eigenvalue weighted by Gasteiger charge is 2.11. The molecule has 1 amide bonds. The van der Waals surface area contributed by atoms with E-state index < -0.39 is 17.2 Å². The van der Waals surface area contributed by atoms with E-state index in [1.807, 2.05) is 0 Å². The average molecular weight is 246 g/mol. The molecule has 2 rings (SSSR count). The molecule has 0 aliphatic heterocycles. The number of aromatic nitrogens is 1. The van der Waals surface area contributed by atoms with Gasteiger partial charge < -0.3 is 20.5 Å². The average Bonchev–Trinajstić information content (AvgIpc) is 2.28. The molecular weight excluding hydrogens is 236 g/mol. The molecule has 0 atom stereocenters. The largest absolute Gasteiger partial charge is 0.508 e. The van der Waals surface area contributed by atoms with Crippen molar-refractivity contribution in [2.45, 2.75) is 0 Å². The highest BCUT2D eigenvalue weighted by atomic mass is 16.3. The topological polar surface area (TPSA) is 102 Å². The van der Waals surface area contributed by atoms with Crippen LogP contribution in [0, 0.1) is 0 Å². The fourth-order valence-electron chi connectivity index (χ4n) is 1.42. The molecule has 2 aromatic rings. The van der Waals surface area contributed by atoms with E-state index in [0.717, 1.165) is 12.3 Å². The van der Waals surface area contributed by atoms with E-state index in [4.69, 9.17) is 0 Å². The van der Waals surface area contributed by atoms with Crippen LogP contribution in [0.3, 0.4) is 0 Å². The lowest BCUT2D eigenvalue weighted by Gasteiger charge is -2.06. The van der Waals surface area contributed by atoms with Crippen molar-refractivity contribution in [2.75, 3.05) is 5.32 Å². The summed E-state index contributed by atoms with van der Waals surface area (Å²) in [7, 11) is 0. The summed E-state index contributed by atoms with van der Waals surface area (Å²) in [5.74, 6) is -0.982. The molecule has 6 heteroatoms. The van der Waals surface area contributed by atoms with Gasteiger partial charge in [0.25, 0.3) is 11.5 Å². The maximum atomic E-state index is 11.8. The number of phenols is 1. The van der Waals surface area contributed by atoms with E-state index in [1.165, 1.54) is 12.1 Å². The van der Waals surface area contributed by atoms with Crippen LogP contribution in [0.4, 0.5) is 5.69 Å². The number of aromatic amines is 1. The number of rotatable bonds is 2. The van der Waals surface area contributed by atoms with Crippen LogP contribution in [0.1, 0.15) is 10.4 Å². The van der Waals surface area contributed by atoms with Crippen molar-refractivity contribution in [3.05, 3.63) is 52.4 Å². The summed E-state index contributed by atoms with van der Waals surface area (Å²) >= 11 is 0. The van der Waals surface area contributed by atoms with Gasteiger partial charge in [0.15, 0.2) is 0 Å². The molecule has 1 heterocycles. The molecule has 0 unspecified atom stereocenters. The van der Waals surface area contributed by atoms with Gasteiger partial charge in [-0.25, -0.2) is 0 Å². The fourth-order valence-corrected chi connectivity index (χ4v) is 1.42. The Morgan fingerprint density at radius 1 is 1.22 bits per heavy atom. The molecule has 0 saturated carbocycles. The second-order valence-electron chi connectivity index (χ2n) is 3.60. The van der Waals surface area contributed by atoms with Gasteiger partial charge in [0, 0.05) is 24.0 Å². The van der Waals surface area contributed by atoms with Gasteiger partial charge in [-0.15, -0.1) is 0 Å². The summed E-state index contributed by atoms with van der Waals surface area (Å²) in [4.78, 5) is 25.0. The Balaban J connectivity index is 2.25. The van der Waals surface area contributed by atoms with Crippen molar-refractivity contribution in [1.82, 2.24) is 4.98 Å². The Hall–Kier alpha value is -2.76. The number of phenolic OH excluding ortho intramolecular Hbond substituents is 1. The minimum absolute atomic E-state index is 0.0125. The molecule has 0 spiro atoms. The van der Waals surface area contributed by atoms with Gasteiger partial charge in [-0.1, -0.05) is 6.07 Å².